The lowest BCUT2D eigenvalue weighted by molar-refractivity contribution is -0.139. The van der Waals surface area contributed by atoms with E-state index in [1.807, 2.05) is 13.0 Å². The number of carboxylic acids is 1. The summed E-state index contributed by atoms with van der Waals surface area (Å²) in [5.41, 5.74) is 1.47. The van der Waals surface area contributed by atoms with E-state index >= 15 is 0 Å². The second-order valence-electron chi connectivity index (χ2n) is 4.79. The van der Waals surface area contributed by atoms with E-state index in [0.717, 1.165) is 11.3 Å². The molecule has 2 aromatic rings. The first-order chi connectivity index (χ1) is 10.5. The van der Waals surface area contributed by atoms with Crippen LogP contribution in [0.2, 0.25) is 0 Å². The van der Waals surface area contributed by atoms with E-state index < -0.39 is 12.6 Å². The Hall–Kier alpha value is -2.76. The Bertz CT molecular complexity index is 649. The Morgan fingerprint density at radius 3 is 2.77 bits per heavy atom. The van der Waals surface area contributed by atoms with Crippen molar-refractivity contribution in [1.82, 2.24) is 0 Å². The van der Waals surface area contributed by atoms with Crippen molar-refractivity contribution in [2.24, 2.45) is 0 Å². The molecule has 0 saturated carbocycles. The van der Waals surface area contributed by atoms with Gasteiger partial charge in [0.15, 0.2) is 6.61 Å². The summed E-state index contributed by atoms with van der Waals surface area (Å²) in [5.74, 6) is 0.0736. The molecule has 2 N–H and O–H groups in total. The van der Waals surface area contributed by atoms with Crippen LogP contribution in [0.5, 0.6) is 5.75 Å². The number of ether oxygens (including phenoxy) is 1. The topological polar surface area (TPSA) is 88.8 Å². The molecule has 6 nitrogen and oxygen atoms in total. The highest BCUT2D eigenvalue weighted by molar-refractivity contribution is 5.91. The van der Waals surface area contributed by atoms with Crippen molar-refractivity contribution in [3.63, 3.8) is 0 Å². The van der Waals surface area contributed by atoms with Crippen LogP contribution in [0, 0.1) is 6.92 Å². The zero-order chi connectivity index (χ0) is 15.9. The molecule has 0 bridgehead atoms. The highest BCUT2D eigenvalue weighted by Gasteiger charge is 2.08. The van der Waals surface area contributed by atoms with E-state index in [0.29, 0.717) is 24.3 Å². The summed E-state index contributed by atoms with van der Waals surface area (Å²) >= 11 is 0. The van der Waals surface area contributed by atoms with Crippen LogP contribution >= 0.6 is 0 Å². The van der Waals surface area contributed by atoms with E-state index in [-0.39, 0.29) is 5.91 Å². The molecule has 1 aromatic carbocycles. The first kappa shape index (κ1) is 15.6. The molecule has 0 unspecified atom stereocenters. The van der Waals surface area contributed by atoms with Gasteiger partial charge in [0.25, 0.3) is 0 Å². The van der Waals surface area contributed by atoms with Crippen molar-refractivity contribution >= 4 is 17.6 Å². The van der Waals surface area contributed by atoms with Crippen molar-refractivity contribution in [2.75, 3.05) is 11.9 Å². The zero-order valence-corrected chi connectivity index (χ0v) is 12.2. The van der Waals surface area contributed by atoms with Crippen molar-refractivity contribution < 1.29 is 23.8 Å². The molecule has 0 aliphatic heterocycles. The molecule has 1 aromatic heterocycles. The highest BCUT2D eigenvalue weighted by atomic mass is 16.5. The van der Waals surface area contributed by atoms with Gasteiger partial charge in [-0.2, -0.15) is 0 Å². The number of anilines is 1. The number of furan rings is 1. The number of benzene rings is 1. The standard InChI is InChI=1S/C16H17NO5/c1-11-9-13(22-10-16(19)20)4-6-14(11)17-15(18)7-5-12-3-2-8-21-12/h2-4,6,8-9H,5,7,10H2,1H3,(H,17,18)(H,19,20). The van der Waals surface area contributed by atoms with Crippen molar-refractivity contribution in [2.45, 2.75) is 19.8 Å². The number of hydrogen-bond acceptors (Lipinski definition) is 4. The summed E-state index contributed by atoms with van der Waals surface area (Å²) in [5, 5.41) is 11.4. The number of carbonyl (C=O) groups is 2. The minimum atomic E-state index is -1.03. The predicted octanol–water partition coefficient (Wildman–Crippen LogP) is 2.62. The normalized spacial score (nSPS) is 10.2. The third-order valence-corrected chi connectivity index (χ3v) is 3.01. The van der Waals surface area contributed by atoms with Crippen LogP contribution in [0.3, 0.4) is 0 Å². The van der Waals surface area contributed by atoms with Gasteiger partial charge in [-0.1, -0.05) is 0 Å². The molecule has 0 aliphatic rings. The molecule has 0 saturated heterocycles. The molecule has 0 aliphatic carbocycles. The SMILES string of the molecule is Cc1cc(OCC(=O)O)ccc1NC(=O)CCc1ccco1. The number of carboxylic acid groups (broad SMARTS) is 1. The lowest BCUT2D eigenvalue weighted by atomic mass is 10.1. The lowest BCUT2D eigenvalue weighted by Gasteiger charge is -2.10. The molecule has 0 fully saturated rings. The Morgan fingerprint density at radius 1 is 1.32 bits per heavy atom. The monoisotopic (exact) mass is 303 g/mol. The zero-order valence-electron chi connectivity index (χ0n) is 12.2. The minimum absolute atomic E-state index is 0.112. The largest absolute Gasteiger partial charge is 0.482 e. The minimum Gasteiger partial charge on any atom is -0.482 e. The second kappa shape index (κ2) is 7.31. The molecule has 0 radical (unpaired) electrons. The van der Waals surface area contributed by atoms with E-state index in [1.165, 1.54) is 0 Å². The van der Waals surface area contributed by atoms with E-state index in [4.69, 9.17) is 14.3 Å². The van der Waals surface area contributed by atoms with Gasteiger partial charge in [0, 0.05) is 18.5 Å². The Kier molecular flexibility index (Phi) is 5.19. The molecule has 2 rings (SSSR count). The van der Waals surface area contributed by atoms with E-state index in [2.05, 4.69) is 5.32 Å². The maximum Gasteiger partial charge on any atom is 0.341 e. The molecular weight excluding hydrogens is 286 g/mol. The quantitative estimate of drug-likeness (QED) is 0.820. The first-order valence-electron chi connectivity index (χ1n) is 6.82. The fourth-order valence-electron chi connectivity index (χ4n) is 1.92. The maximum atomic E-state index is 11.9. The van der Waals surface area contributed by atoms with Crippen molar-refractivity contribution in [1.29, 1.82) is 0 Å². The third-order valence-electron chi connectivity index (χ3n) is 3.01. The Labute approximate surface area is 127 Å². The van der Waals surface area contributed by atoms with Gasteiger partial charge >= 0.3 is 5.97 Å². The van der Waals surface area contributed by atoms with Crippen LogP contribution in [-0.4, -0.2) is 23.6 Å². The van der Waals surface area contributed by atoms with Crippen LogP contribution in [0.25, 0.3) is 0 Å². The van der Waals surface area contributed by atoms with Crippen LogP contribution in [0.15, 0.2) is 41.0 Å². The number of rotatable bonds is 7. The van der Waals surface area contributed by atoms with Gasteiger partial charge in [0.2, 0.25) is 5.91 Å². The highest BCUT2D eigenvalue weighted by Crippen LogP contribution is 2.21. The van der Waals surface area contributed by atoms with Gasteiger partial charge in [-0.25, -0.2) is 4.79 Å². The summed E-state index contributed by atoms with van der Waals surface area (Å²) in [4.78, 5) is 22.3. The molecule has 0 spiro atoms. The summed E-state index contributed by atoms with van der Waals surface area (Å²) < 4.78 is 10.3. The average Bonchev–Trinajstić information content (AvgIpc) is 2.99. The van der Waals surface area contributed by atoms with Crippen LogP contribution in [-0.2, 0) is 16.0 Å². The number of hydrogen-bond donors (Lipinski definition) is 2. The summed E-state index contributed by atoms with van der Waals surface area (Å²) in [6, 6.07) is 8.61. The fourth-order valence-corrected chi connectivity index (χ4v) is 1.92. The third kappa shape index (κ3) is 4.66. The molecule has 6 heteroatoms. The van der Waals surface area contributed by atoms with Crippen molar-refractivity contribution in [3.05, 3.63) is 47.9 Å². The molecule has 116 valence electrons. The molecule has 1 heterocycles. The maximum absolute atomic E-state index is 11.9. The van der Waals surface area contributed by atoms with Gasteiger partial charge in [-0.05, 0) is 42.8 Å². The van der Waals surface area contributed by atoms with Gasteiger partial charge in [-0.15, -0.1) is 0 Å². The number of aliphatic carboxylic acids is 1. The fraction of sp³-hybridized carbons (Fsp3) is 0.250. The van der Waals surface area contributed by atoms with E-state index in [9.17, 15) is 9.59 Å². The smallest absolute Gasteiger partial charge is 0.341 e. The van der Waals surface area contributed by atoms with Crippen LogP contribution in [0.4, 0.5) is 5.69 Å². The van der Waals surface area contributed by atoms with Crippen LogP contribution < -0.4 is 10.1 Å². The van der Waals surface area contributed by atoms with Crippen LogP contribution in [0.1, 0.15) is 17.7 Å². The van der Waals surface area contributed by atoms with Crippen molar-refractivity contribution in [3.8, 4) is 5.75 Å². The van der Waals surface area contributed by atoms with Gasteiger partial charge in [-0.3, -0.25) is 4.79 Å². The average molecular weight is 303 g/mol. The number of nitrogens with one attached hydrogen (secondary N) is 1. The second-order valence-corrected chi connectivity index (χ2v) is 4.79. The van der Waals surface area contributed by atoms with Gasteiger partial charge in [0.05, 0.1) is 6.26 Å². The lowest BCUT2D eigenvalue weighted by Crippen LogP contribution is -2.13. The number of carbonyl (C=O) groups excluding carboxylic acids is 1. The summed E-state index contributed by atoms with van der Waals surface area (Å²) in [6.45, 7) is 1.42. The number of aryl methyl sites for hydroxylation is 2. The molecule has 1 amide bonds. The summed E-state index contributed by atoms with van der Waals surface area (Å²) in [7, 11) is 0. The van der Waals surface area contributed by atoms with E-state index in [1.54, 1.807) is 30.5 Å². The Balaban J connectivity index is 1.89. The molecular formula is C16H17NO5. The predicted molar refractivity (Wildman–Crippen MR) is 80.0 cm³/mol. The Morgan fingerprint density at radius 2 is 2.14 bits per heavy atom. The molecule has 22 heavy (non-hydrogen) atoms. The first-order valence-corrected chi connectivity index (χ1v) is 6.82. The summed E-state index contributed by atoms with van der Waals surface area (Å²) in [6.07, 6.45) is 2.44. The van der Waals surface area contributed by atoms with Gasteiger partial charge in [0.1, 0.15) is 11.5 Å². The number of amides is 1. The van der Waals surface area contributed by atoms with Gasteiger partial charge < -0.3 is 19.6 Å². The molecule has 0 atom stereocenters.